The van der Waals surface area contributed by atoms with Crippen LogP contribution in [-0.2, 0) is 7.05 Å². The van der Waals surface area contributed by atoms with E-state index in [1.54, 1.807) is 6.20 Å². The number of anilines is 1. The highest BCUT2D eigenvalue weighted by atomic mass is 15.3. The van der Waals surface area contributed by atoms with E-state index in [9.17, 15) is 0 Å². The van der Waals surface area contributed by atoms with Crippen molar-refractivity contribution in [1.29, 1.82) is 0 Å². The summed E-state index contributed by atoms with van der Waals surface area (Å²) in [7, 11) is 1.93. The third-order valence-corrected chi connectivity index (χ3v) is 2.84. The molecule has 0 saturated heterocycles. The number of fused-ring (bicyclic) bond motifs is 1. The highest BCUT2D eigenvalue weighted by Crippen LogP contribution is 2.27. The average molecular weight is 224 g/mol. The number of pyridine rings is 1. The summed E-state index contributed by atoms with van der Waals surface area (Å²) < 4.78 is 1.86. The molecule has 2 heterocycles. The van der Waals surface area contributed by atoms with Crippen molar-refractivity contribution in [3.8, 4) is 11.3 Å². The molecule has 0 radical (unpaired) electrons. The van der Waals surface area contributed by atoms with Gasteiger partial charge in [0.05, 0.1) is 5.52 Å². The molecule has 0 atom stereocenters. The van der Waals surface area contributed by atoms with Gasteiger partial charge in [-0.15, -0.1) is 0 Å². The molecule has 0 aliphatic heterocycles. The first-order valence-corrected chi connectivity index (χ1v) is 5.38. The van der Waals surface area contributed by atoms with Crippen LogP contribution in [0, 0.1) is 0 Å². The summed E-state index contributed by atoms with van der Waals surface area (Å²) >= 11 is 0. The lowest BCUT2D eigenvalue weighted by molar-refractivity contribution is 0.800. The van der Waals surface area contributed by atoms with Crippen LogP contribution in [0.25, 0.3) is 22.2 Å². The van der Waals surface area contributed by atoms with Crippen molar-refractivity contribution in [3.05, 3.63) is 42.7 Å². The maximum absolute atomic E-state index is 5.68. The summed E-state index contributed by atoms with van der Waals surface area (Å²) in [5.74, 6) is 0. The number of benzene rings is 1. The zero-order valence-corrected chi connectivity index (χ0v) is 9.46. The van der Waals surface area contributed by atoms with Gasteiger partial charge in [0.1, 0.15) is 5.69 Å². The standard InChI is InChI=1S/C13H12N4/c1-17-12-6-7-15-8-11(12)13(16-17)9-2-4-10(14)5-3-9/h2-8H,14H2,1H3. The first-order chi connectivity index (χ1) is 8.25. The van der Waals surface area contributed by atoms with Gasteiger partial charge in [-0.1, -0.05) is 12.1 Å². The number of nitrogens with zero attached hydrogens (tertiary/aromatic N) is 3. The Morgan fingerprint density at radius 2 is 1.88 bits per heavy atom. The second kappa shape index (κ2) is 3.59. The van der Waals surface area contributed by atoms with Crippen LogP contribution < -0.4 is 5.73 Å². The molecule has 0 amide bonds. The van der Waals surface area contributed by atoms with E-state index in [1.165, 1.54) is 0 Å². The molecule has 0 unspecified atom stereocenters. The molecule has 0 aliphatic carbocycles. The fraction of sp³-hybridized carbons (Fsp3) is 0.0769. The lowest BCUT2D eigenvalue weighted by Gasteiger charge is -1.98. The molecule has 2 aromatic heterocycles. The van der Waals surface area contributed by atoms with E-state index < -0.39 is 0 Å². The highest BCUT2D eigenvalue weighted by Gasteiger charge is 2.09. The average Bonchev–Trinajstić information content (AvgIpc) is 2.69. The molecule has 3 rings (SSSR count). The van der Waals surface area contributed by atoms with Crippen LogP contribution in [0.1, 0.15) is 0 Å². The minimum Gasteiger partial charge on any atom is -0.399 e. The van der Waals surface area contributed by atoms with Crippen LogP contribution in [0.2, 0.25) is 0 Å². The Labute approximate surface area is 98.7 Å². The van der Waals surface area contributed by atoms with Gasteiger partial charge in [-0.25, -0.2) is 0 Å². The third-order valence-electron chi connectivity index (χ3n) is 2.84. The molecule has 0 aliphatic rings. The van der Waals surface area contributed by atoms with E-state index in [0.29, 0.717) is 0 Å². The van der Waals surface area contributed by atoms with E-state index in [2.05, 4.69) is 10.1 Å². The van der Waals surface area contributed by atoms with Gasteiger partial charge >= 0.3 is 0 Å². The normalized spacial score (nSPS) is 10.9. The molecule has 4 heteroatoms. The van der Waals surface area contributed by atoms with Crippen molar-refractivity contribution in [2.45, 2.75) is 0 Å². The number of aromatic nitrogens is 3. The van der Waals surface area contributed by atoms with E-state index in [0.717, 1.165) is 27.8 Å². The molecule has 0 saturated carbocycles. The molecule has 17 heavy (non-hydrogen) atoms. The first kappa shape index (κ1) is 9.84. The second-order valence-corrected chi connectivity index (χ2v) is 3.99. The summed E-state index contributed by atoms with van der Waals surface area (Å²) in [6, 6.07) is 9.68. The maximum atomic E-state index is 5.68. The Morgan fingerprint density at radius 3 is 2.65 bits per heavy atom. The molecular weight excluding hydrogens is 212 g/mol. The minimum atomic E-state index is 0.757. The number of nitrogens with two attached hydrogens (primary N) is 1. The largest absolute Gasteiger partial charge is 0.399 e. The van der Waals surface area contributed by atoms with Gasteiger partial charge < -0.3 is 5.73 Å². The lowest BCUT2D eigenvalue weighted by atomic mass is 10.1. The highest BCUT2D eigenvalue weighted by molar-refractivity contribution is 5.92. The van der Waals surface area contributed by atoms with Crippen LogP contribution in [0.4, 0.5) is 5.69 Å². The van der Waals surface area contributed by atoms with Crippen molar-refractivity contribution >= 4 is 16.6 Å². The predicted octanol–water partition coefficient (Wildman–Crippen LogP) is 2.22. The van der Waals surface area contributed by atoms with Gasteiger partial charge in [0, 0.05) is 36.1 Å². The monoisotopic (exact) mass is 224 g/mol. The quantitative estimate of drug-likeness (QED) is 0.645. The molecule has 0 bridgehead atoms. The number of nitrogen functional groups attached to an aromatic ring is 1. The van der Waals surface area contributed by atoms with Gasteiger partial charge in [-0.2, -0.15) is 5.10 Å². The molecule has 4 nitrogen and oxygen atoms in total. The van der Waals surface area contributed by atoms with Crippen molar-refractivity contribution in [2.24, 2.45) is 7.05 Å². The maximum Gasteiger partial charge on any atom is 0.102 e. The summed E-state index contributed by atoms with van der Waals surface area (Å²) in [6.45, 7) is 0. The summed E-state index contributed by atoms with van der Waals surface area (Å²) in [5, 5.41) is 5.58. The SMILES string of the molecule is Cn1nc(-c2ccc(N)cc2)c2cnccc21. The van der Waals surface area contributed by atoms with Gasteiger partial charge in [0.25, 0.3) is 0 Å². The van der Waals surface area contributed by atoms with Crippen LogP contribution in [0.5, 0.6) is 0 Å². The van der Waals surface area contributed by atoms with Gasteiger partial charge in [-0.05, 0) is 18.2 Å². The fourth-order valence-electron chi connectivity index (χ4n) is 1.96. The zero-order chi connectivity index (χ0) is 11.8. The molecule has 84 valence electrons. The van der Waals surface area contributed by atoms with Gasteiger partial charge in [-0.3, -0.25) is 9.67 Å². The van der Waals surface area contributed by atoms with Gasteiger partial charge in [0.15, 0.2) is 0 Å². The Kier molecular flexibility index (Phi) is 2.08. The smallest absolute Gasteiger partial charge is 0.102 e. The Balaban J connectivity index is 2.27. The second-order valence-electron chi connectivity index (χ2n) is 3.99. The Hall–Kier alpha value is -2.36. The molecule has 3 aromatic rings. The lowest BCUT2D eigenvalue weighted by Crippen LogP contribution is -1.89. The number of hydrogen-bond acceptors (Lipinski definition) is 3. The van der Waals surface area contributed by atoms with Crippen molar-refractivity contribution < 1.29 is 0 Å². The topological polar surface area (TPSA) is 56.7 Å². The van der Waals surface area contributed by atoms with Crippen molar-refractivity contribution in [1.82, 2.24) is 14.8 Å². The molecule has 1 aromatic carbocycles. The number of rotatable bonds is 1. The van der Waals surface area contributed by atoms with E-state index in [4.69, 9.17) is 5.73 Å². The van der Waals surface area contributed by atoms with E-state index in [-0.39, 0.29) is 0 Å². The third kappa shape index (κ3) is 1.54. The van der Waals surface area contributed by atoms with Crippen LogP contribution in [0.15, 0.2) is 42.7 Å². The number of hydrogen-bond donors (Lipinski definition) is 1. The van der Waals surface area contributed by atoms with Crippen molar-refractivity contribution in [2.75, 3.05) is 5.73 Å². The van der Waals surface area contributed by atoms with Crippen LogP contribution in [-0.4, -0.2) is 14.8 Å². The van der Waals surface area contributed by atoms with E-state index in [1.807, 2.05) is 48.3 Å². The minimum absolute atomic E-state index is 0.757. The summed E-state index contributed by atoms with van der Waals surface area (Å²) in [4.78, 5) is 4.15. The Morgan fingerprint density at radius 1 is 1.12 bits per heavy atom. The summed E-state index contributed by atoms with van der Waals surface area (Å²) in [6.07, 6.45) is 3.62. The molecule has 0 fully saturated rings. The summed E-state index contributed by atoms with van der Waals surface area (Å²) in [5.41, 5.74) is 9.51. The van der Waals surface area contributed by atoms with Gasteiger partial charge in [0.2, 0.25) is 0 Å². The predicted molar refractivity (Wildman–Crippen MR) is 68.4 cm³/mol. The molecule has 0 spiro atoms. The Bertz CT molecular complexity index is 667. The van der Waals surface area contributed by atoms with Crippen molar-refractivity contribution in [3.63, 3.8) is 0 Å². The van der Waals surface area contributed by atoms with Crippen LogP contribution in [0.3, 0.4) is 0 Å². The fourth-order valence-corrected chi connectivity index (χ4v) is 1.96. The van der Waals surface area contributed by atoms with Crippen LogP contribution >= 0.6 is 0 Å². The molecule has 2 N–H and O–H groups in total. The zero-order valence-electron chi connectivity index (χ0n) is 9.46. The van der Waals surface area contributed by atoms with E-state index >= 15 is 0 Å². The molecular formula is C13H12N4. The number of aryl methyl sites for hydroxylation is 1. The first-order valence-electron chi connectivity index (χ1n) is 5.38.